The molecule has 0 aliphatic rings. The zero-order chi connectivity index (χ0) is 21.0. The molecule has 0 radical (unpaired) electrons. The average Bonchev–Trinajstić information content (AvgIpc) is 3.07. The lowest BCUT2D eigenvalue weighted by atomic mass is 10.0. The van der Waals surface area contributed by atoms with Crippen LogP contribution in [0.2, 0.25) is 0 Å². The van der Waals surface area contributed by atoms with E-state index in [1.165, 1.54) is 11.3 Å². The van der Waals surface area contributed by atoms with Crippen LogP contribution in [0.5, 0.6) is 0 Å². The van der Waals surface area contributed by atoms with E-state index in [0.29, 0.717) is 22.6 Å². The second-order valence-electron chi connectivity index (χ2n) is 6.35. The molecule has 0 saturated heterocycles. The first kappa shape index (κ1) is 21.7. The lowest BCUT2D eigenvalue weighted by molar-refractivity contribution is -0.598. The summed E-state index contributed by atoms with van der Waals surface area (Å²) in [5, 5.41) is 0. The summed E-state index contributed by atoms with van der Waals surface area (Å²) in [6.45, 7) is 4.11. The topological polar surface area (TPSA) is 47.3 Å². The van der Waals surface area contributed by atoms with Crippen molar-refractivity contribution in [3.05, 3.63) is 74.8 Å². The molecule has 0 N–H and O–H groups in total. The van der Waals surface area contributed by atoms with Gasteiger partial charge in [0, 0.05) is 22.2 Å². The molecule has 29 heavy (non-hydrogen) atoms. The van der Waals surface area contributed by atoms with Crippen molar-refractivity contribution in [1.29, 1.82) is 0 Å². The van der Waals surface area contributed by atoms with Crippen LogP contribution in [-0.4, -0.2) is 24.6 Å². The largest absolute Gasteiger partial charge is 0.466 e. The first-order valence-corrected chi connectivity index (χ1v) is 11.9. The zero-order valence-electron chi connectivity index (χ0n) is 16.4. The number of rotatable bonds is 7. The number of nitrogens with zero attached hydrogens (tertiary/aromatic N) is 1. The van der Waals surface area contributed by atoms with Crippen LogP contribution in [0.3, 0.4) is 0 Å². The maximum atomic E-state index is 13.3. The highest BCUT2D eigenvalue weighted by atomic mass is 79.9. The number of thioether (sulfide) groups is 1. The van der Waals surface area contributed by atoms with Gasteiger partial charge >= 0.3 is 5.97 Å². The van der Waals surface area contributed by atoms with Crippen LogP contribution in [0.1, 0.15) is 33.3 Å². The van der Waals surface area contributed by atoms with Crippen molar-refractivity contribution in [3.8, 4) is 5.69 Å². The van der Waals surface area contributed by atoms with Crippen LogP contribution in [-0.2, 0) is 16.0 Å². The number of aromatic nitrogens is 1. The number of halogens is 1. The average molecular weight is 491 g/mol. The van der Waals surface area contributed by atoms with Crippen molar-refractivity contribution < 1.29 is 18.9 Å². The van der Waals surface area contributed by atoms with E-state index in [9.17, 15) is 9.59 Å². The summed E-state index contributed by atoms with van der Waals surface area (Å²) in [5.74, 6) is -0.423. The lowest BCUT2D eigenvalue weighted by Gasteiger charge is -2.05. The summed E-state index contributed by atoms with van der Waals surface area (Å²) >= 11 is 6.40. The van der Waals surface area contributed by atoms with Crippen molar-refractivity contribution in [2.75, 3.05) is 12.9 Å². The molecule has 150 valence electrons. The number of benzene rings is 1. The van der Waals surface area contributed by atoms with Crippen LogP contribution in [0.25, 0.3) is 5.69 Å². The molecule has 0 fully saturated rings. The Morgan fingerprint density at radius 3 is 2.38 bits per heavy atom. The fourth-order valence-corrected chi connectivity index (χ4v) is 5.20. The summed E-state index contributed by atoms with van der Waals surface area (Å²) in [6, 6.07) is 11.3. The highest BCUT2D eigenvalue weighted by Crippen LogP contribution is 2.37. The van der Waals surface area contributed by atoms with Gasteiger partial charge in [-0.25, -0.2) is 0 Å². The van der Waals surface area contributed by atoms with Gasteiger partial charge in [-0.2, -0.15) is 4.57 Å². The summed E-state index contributed by atoms with van der Waals surface area (Å²) < 4.78 is 9.06. The van der Waals surface area contributed by atoms with E-state index < -0.39 is 0 Å². The van der Waals surface area contributed by atoms with E-state index in [1.54, 1.807) is 30.8 Å². The van der Waals surface area contributed by atoms with Gasteiger partial charge in [0.25, 0.3) is 0 Å². The number of hydrogen-bond acceptors (Lipinski definition) is 5. The molecule has 0 atom stereocenters. The normalized spacial score (nSPS) is 10.8. The van der Waals surface area contributed by atoms with E-state index in [4.69, 9.17) is 4.74 Å². The number of thiophene rings is 1. The van der Waals surface area contributed by atoms with Crippen molar-refractivity contribution >= 4 is 50.8 Å². The smallest absolute Gasteiger partial charge is 0.310 e. The van der Waals surface area contributed by atoms with E-state index in [1.807, 2.05) is 54.4 Å². The number of ketones is 1. The number of aryl methyl sites for hydroxylation is 1. The van der Waals surface area contributed by atoms with E-state index in [0.717, 1.165) is 19.9 Å². The van der Waals surface area contributed by atoms with E-state index >= 15 is 0 Å². The Morgan fingerprint density at radius 1 is 1.14 bits per heavy atom. The van der Waals surface area contributed by atoms with Crippen LogP contribution >= 0.6 is 39.0 Å². The molecule has 0 aliphatic heterocycles. The number of carbonyl (C=O) groups excluding carboxylic acids is 2. The summed E-state index contributed by atoms with van der Waals surface area (Å²) in [5.41, 5.74) is 3.31. The van der Waals surface area contributed by atoms with Crippen molar-refractivity contribution in [2.45, 2.75) is 24.5 Å². The van der Waals surface area contributed by atoms with Crippen molar-refractivity contribution in [1.82, 2.24) is 0 Å². The number of esters is 1. The maximum Gasteiger partial charge on any atom is 0.310 e. The highest BCUT2D eigenvalue weighted by molar-refractivity contribution is 9.10. The van der Waals surface area contributed by atoms with Crippen molar-refractivity contribution in [2.24, 2.45) is 0 Å². The number of pyridine rings is 1. The monoisotopic (exact) mass is 490 g/mol. The minimum Gasteiger partial charge on any atom is -0.466 e. The Kier molecular flexibility index (Phi) is 7.27. The molecule has 3 rings (SSSR count). The summed E-state index contributed by atoms with van der Waals surface area (Å²) in [6.07, 6.45) is 5.95. The Hall–Kier alpha value is -1.96. The predicted molar refractivity (Wildman–Crippen MR) is 120 cm³/mol. The minimum absolute atomic E-state index is 0.0543. The molecule has 1 aromatic carbocycles. The number of ether oxygens (including phenoxy) is 1. The molecule has 2 aromatic heterocycles. The van der Waals surface area contributed by atoms with Gasteiger partial charge in [0.15, 0.2) is 12.4 Å². The molecule has 7 heteroatoms. The summed E-state index contributed by atoms with van der Waals surface area (Å²) in [7, 11) is 0. The molecular formula is C22H21BrNO3S2+. The third kappa shape index (κ3) is 4.97. The van der Waals surface area contributed by atoms with Crippen LogP contribution in [0.4, 0.5) is 0 Å². The molecule has 0 amide bonds. The second kappa shape index (κ2) is 9.69. The molecule has 3 aromatic rings. The van der Waals surface area contributed by atoms with Gasteiger partial charge in [0.2, 0.25) is 11.5 Å². The fraction of sp³-hybridized carbons (Fsp3) is 0.227. The van der Waals surface area contributed by atoms with Gasteiger partial charge < -0.3 is 4.74 Å². The number of hydrogen-bond donors (Lipinski definition) is 0. The molecule has 0 aliphatic carbocycles. The predicted octanol–water partition coefficient (Wildman–Crippen LogP) is 5.15. The SMILES string of the molecule is CCOC(=O)Cc1c(C(=O)c2ccc(Br)cc2)sc(SC)c1-[n+]1ccc(C)cc1. The maximum absolute atomic E-state index is 13.3. The van der Waals surface area contributed by atoms with Gasteiger partial charge in [0.1, 0.15) is 4.21 Å². The molecule has 4 nitrogen and oxygen atoms in total. The zero-order valence-corrected chi connectivity index (χ0v) is 19.6. The highest BCUT2D eigenvalue weighted by Gasteiger charge is 2.31. The molecule has 0 unspecified atom stereocenters. The first-order valence-electron chi connectivity index (χ1n) is 9.08. The van der Waals surface area contributed by atoms with Gasteiger partial charge in [-0.15, -0.1) is 23.1 Å². The molecule has 0 bridgehead atoms. The van der Waals surface area contributed by atoms with Crippen LogP contribution in [0, 0.1) is 6.92 Å². The first-order chi connectivity index (χ1) is 13.9. The van der Waals surface area contributed by atoms with Crippen LogP contribution in [0.15, 0.2) is 57.5 Å². The Balaban J connectivity index is 2.16. The second-order valence-corrected chi connectivity index (χ2v) is 9.36. The minimum atomic E-state index is -0.336. The van der Waals surface area contributed by atoms with Gasteiger partial charge in [-0.3, -0.25) is 9.59 Å². The van der Waals surface area contributed by atoms with Gasteiger partial charge in [-0.05, 0) is 49.9 Å². The molecular weight excluding hydrogens is 470 g/mol. The standard InChI is InChI=1S/C22H21BrNO3S2/c1-4-27-18(25)13-17-19(24-11-9-14(2)10-12-24)22(28-3)29-21(17)20(26)15-5-7-16(23)8-6-15/h5-12H,4,13H2,1-3H3/q+1. The molecule has 0 saturated carbocycles. The third-order valence-electron chi connectivity index (χ3n) is 4.33. The Morgan fingerprint density at radius 2 is 1.79 bits per heavy atom. The van der Waals surface area contributed by atoms with E-state index in [2.05, 4.69) is 15.9 Å². The molecule has 2 heterocycles. The Bertz CT molecular complexity index is 1030. The van der Waals surface area contributed by atoms with Gasteiger partial charge in [-0.1, -0.05) is 15.9 Å². The van der Waals surface area contributed by atoms with Crippen molar-refractivity contribution in [3.63, 3.8) is 0 Å². The quantitative estimate of drug-likeness (QED) is 0.198. The Labute approximate surface area is 187 Å². The third-order valence-corrected chi connectivity index (χ3v) is 7.18. The van der Waals surface area contributed by atoms with E-state index in [-0.39, 0.29) is 18.2 Å². The number of carbonyl (C=O) groups is 2. The fourth-order valence-electron chi connectivity index (χ4n) is 2.92. The lowest BCUT2D eigenvalue weighted by Crippen LogP contribution is -2.31. The molecule has 0 spiro atoms. The summed E-state index contributed by atoms with van der Waals surface area (Å²) in [4.78, 5) is 26.2. The van der Waals surface area contributed by atoms with Crippen LogP contribution < -0.4 is 4.57 Å². The van der Waals surface area contributed by atoms with Gasteiger partial charge in [0.05, 0.1) is 23.5 Å².